The van der Waals surface area contributed by atoms with Gasteiger partial charge in [-0.25, -0.2) is 27.2 Å². The first-order chi connectivity index (χ1) is 18.2. The highest BCUT2D eigenvalue weighted by Crippen LogP contribution is 2.45. The van der Waals surface area contributed by atoms with Gasteiger partial charge >= 0.3 is 0 Å². The van der Waals surface area contributed by atoms with Gasteiger partial charge in [0, 0.05) is 38.3 Å². The first-order valence-electron chi connectivity index (χ1n) is 12.5. The van der Waals surface area contributed by atoms with E-state index in [1.165, 1.54) is 0 Å². The van der Waals surface area contributed by atoms with E-state index in [1.54, 1.807) is 6.07 Å². The molecule has 3 aromatic rings. The number of morpholine rings is 1. The molecule has 0 amide bonds. The van der Waals surface area contributed by atoms with Gasteiger partial charge in [0.1, 0.15) is 22.2 Å². The monoisotopic (exact) mass is 562 g/mol. The Bertz CT molecular complexity index is 1380. The number of ether oxygens (including phenoxy) is 1. The summed E-state index contributed by atoms with van der Waals surface area (Å²) in [5.41, 5.74) is 1.35. The quantitative estimate of drug-likeness (QED) is 0.407. The molecule has 2 aromatic carbocycles. The van der Waals surface area contributed by atoms with Gasteiger partial charge in [-0.1, -0.05) is 30.3 Å². The number of aromatic nitrogens is 2. The van der Waals surface area contributed by atoms with Crippen LogP contribution in [0.2, 0.25) is 5.28 Å². The molecule has 0 N–H and O–H groups in total. The number of hydrogen-bond acceptors (Lipinski definition) is 7. The summed E-state index contributed by atoms with van der Waals surface area (Å²) < 4.78 is 60.9. The van der Waals surface area contributed by atoms with Crippen molar-refractivity contribution in [3.8, 4) is 0 Å². The Hall–Kier alpha value is -2.66. The lowest BCUT2D eigenvalue weighted by Gasteiger charge is -2.41. The molecule has 1 aromatic heterocycles. The van der Waals surface area contributed by atoms with E-state index in [2.05, 4.69) is 14.9 Å². The van der Waals surface area contributed by atoms with Gasteiger partial charge < -0.3 is 9.64 Å². The van der Waals surface area contributed by atoms with Gasteiger partial charge in [0.25, 0.3) is 0 Å². The average molecular weight is 563 g/mol. The molecular formula is C27H29ClF2N4O3S. The van der Waals surface area contributed by atoms with Crippen molar-refractivity contribution in [3.63, 3.8) is 0 Å². The molecule has 5 rings (SSSR count). The fraction of sp³-hybridized carbons (Fsp3) is 0.407. The minimum Gasteiger partial charge on any atom is -0.377 e. The second kappa shape index (κ2) is 10.8. The molecule has 202 valence electrons. The molecule has 1 atom stereocenters. The highest BCUT2D eigenvalue weighted by Gasteiger charge is 2.50. The fourth-order valence-electron chi connectivity index (χ4n) is 5.34. The minimum atomic E-state index is -4.29. The number of sulfone groups is 1. The molecule has 2 saturated heterocycles. The van der Waals surface area contributed by atoms with E-state index in [1.807, 2.05) is 42.2 Å². The molecule has 0 radical (unpaired) electrons. The first-order valence-corrected chi connectivity index (χ1v) is 14.4. The predicted molar refractivity (Wildman–Crippen MR) is 141 cm³/mol. The predicted octanol–water partition coefficient (Wildman–Crippen LogP) is 4.60. The molecule has 11 heteroatoms. The van der Waals surface area contributed by atoms with Crippen molar-refractivity contribution in [2.45, 2.75) is 42.0 Å². The zero-order valence-corrected chi connectivity index (χ0v) is 22.6. The number of likely N-dealkylation sites (tertiary alicyclic amines) is 1. The summed E-state index contributed by atoms with van der Waals surface area (Å²) in [4.78, 5) is 12.6. The maximum Gasteiger partial charge on any atom is 0.224 e. The molecule has 2 aliphatic rings. The number of anilines is 1. The van der Waals surface area contributed by atoms with Crippen LogP contribution in [0.25, 0.3) is 0 Å². The SMILES string of the molecule is C[C@H]1COCCN1c1cc(C2(S(=O)(=O)c3cc(F)cc(F)c3)CCN(Cc3ccccc3)CC2)nc(Cl)n1. The second-order valence-corrected chi connectivity index (χ2v) is 12.5. The van der Waals surface area contributed by atoms with Crippen LogP contribution >= 0.6 is 11.6 Å². The third kappa shape index (κ3) is 5.27. The molecule has 0 aliphatic carbocycles. The summed E-state index contributed by atoms with van der Waals surface area (Å²) in [6.07, 6.45) is 0.345. The molecule has 2 aliphatic heterocycles. The molecule has 2 fully saturated rings. The van der Waals surface area contributed by atoms with Crippen molar-refractivity contribution < 1.29 is 21.9 Å². The third-order valence-corrected chi connectivity index (χ3v) is 10.1. The van der Waals surface area contributed by atoms with Crippen LogP contribution < -0.4 is 4.90 Å². The zero-order valence-electron chi connectivity index (χ0n) is 21.0. The Morgan fingerprint density at radius 3 is 2.37 bits per heavy atom. The van der Waals surface area contributed by atoms with Crippen LogP contribution in [0.1, 0.15) is 31.0 Å². The fourth-order valence-corrected chi connectivity index (χ4v) is 7.60. The van der Waals surface area contributed by atoms with E-state index in [-0.39, 0.29) is 29.9 Å². The van der Waals surface area contributed by atoms with Crippen molar-refractivity contribution >= 4 is 27.3 Å². The Kier molecular flexibility index (Phi) is 7.68. The molecular weight excluding hydrogens is 534 g/mol. The van der Waals surface area contributed by atoms with E-state index < -0.39 is 31.1 Å². The number of rotatable bonds is 6. The largest absolute Gasteiger partial charge is 0.377 e. The van der Waals surface area contributed by atoms with Crippen molar-refractivity contribution in [3.05, 3.63) is 82.8 Å². The lowest BCUT2D eigenvalue weighted by molar-refractivity contribution is 0.0985. The van der Waals surface area contributed by atoms with Gasteiger partial charge in [-0.2, -0.15) is 0 Å². The van der Waals surface area contributed by atoms with Crippen molar-refractivity contribution in [1.82, 2.24) is 14.9 Å². The van der Waals surface area contributed by atoms with Crippen molar-refractivity contribution in [1.29, 1.82) is 0 Å². The van der Waals surface area contributed by atoms with Crippen LogP contribution in [0.3, 0.4) is 0 Å². The topological polar surface area (TPSA) is 75.6 Å². The van der Waals surface area contributed by atoms with E-state index in [4.69, 9.17) is 16.3 Å². The number of nitrogens with zero attached hydrogens (tertiary/aromatic N) is 4. The Labute approximate surface area is 226 Å². The number of hydrogen-bond donors (Lipinski definition) is 0. The van der Waals surface area contributed by atoms with Gasteiger partial charge in [-0.15, -0.1) is 0 Å². The number of piperidine rings is 1. The van der Waals surface area contributed by atoms with Crippen LogP contribution in [0.5, 0.6) is 0 Å². The highest BCUT2D eigenvalue weighted by atomic mass is 35.5. The van der Waals surface area contributed by atoms with Crippen LogP contribution in [-0.4, -0.2) is 62.2 Å². The Morgan fingerprint density at radius 1 is 1.03 bits per heavy atom. The van der Waals surface area contributed by atoms with Gasteiger partial charge in [0.05, 0.1) is 29.8 Å². The van der Waals surface area contributed by atoms with Gasteiger partial charge in [-0.3, -0.25) is 4.90 Å². The summed E-state index contributed by atoms with van der Waals surface area (Å²) in [5, 5.41) is -0.0806. The summed E-state index contributed by atoms with van der Waals surface area (Å²) in [6.45, 7) is 5.09. The van der Waals surface area contributed by atoms with E-state index in [0.717, 1.165) is 17.7 Å². The highest BCUT2D eigenvalue weighted by molar-refractivity contribution is 7.92. The van der Waals surface area contributed by atoms with Crippen LogP contribution in [0.4, 0.5) is 14.6 Å². The zero-order chi connectivity index (χ0) is 26.9. The number of benzene rings is 2. The summed E-state index contributed by atoms with van der Waals surface area (Å²) in [6, 6.07) is 14.0. The Balaban J connectivity index is 1.57. The maximum atomic E-state index is 14.3. The molecule has 3 heterocycles. The van der Waals surface area contributed by atoms with Gasteiger partial charge in [0.15, 0.2) is 9.84 Å². The molecule has 0 bridgehead atoms. The lowest BCUT2D eigenvalue weighted by Crippen LogP contribution is -2.48. The normalized spacial score (nSPS) is 20.4. The smallest absolute Gasteiger partial charge is 0.224 e. The van der Waals surface area contributed by atoms with Crippen LogP contribution in [-0.2, 0) is 25.9 Å². The van der Waals surface area contributed by atoms with Crippen molar-refractivity contribution in [2.75, 3.05) is 37.7 Å². The molecule has 7 nitrogen and oxygen atoms in total. The number of halogens is 3. The Morgan fingerprint density at radius 2 is 1.71 bits per heavy atom. The summed E-state index contributed by atoms with van der Waals surface area (Å²) >= 11 is 6.38. The van der Waals surface area contributed by atoms with Crippen molar-refractivity contribution in [2.24, 2.45) is 0 Å². The molecule has 0 unspecified atom stereocenters. The summed E-state index contributed by atoms with van der Waals surface area (Å²) in [5.74, 6) is -1.41. The molecule has 0 spiro atoms. The van der Waals surface area contributed by atoms with E-state index in [9.17, 15) is 17.2 Å². The third-order valence-electron chi connectivity index (χ3n) is 7.39. The van der Waals surface area contributed by atoms with E-state index >= 15 is 0 Å². The van der Waals surface area contributed by atoms with Gasteiger partial charge in [0.2, 0.25) is 5.28 Å². The second-order valence-electron chi connectivity index (χ2n) is 9.86. The molecule has 38 heavy (non-hydrogen) atoms. The average Bonchev–Trinajstić information content (AvgIpc) is 2.89. The van der Waals surface area contributed by atoms with E-state index in [0.29, 0.717) is 51.3 Å². The summed E-state index contributed by atoms with van der Waals surface area (Å²) in [7, 11) is -4.29. The molecule has 0 saturated carbocycles. The van der Waals surface area contributed by atoms with Crippen LogP contribution in [0, 0.1) is 11.6 Å². The lowest BCUT2D eigenvalue weighted by atomic mass is 9.91. The minimum absolute atomic E-state index is 0.000147. The van der Waals surface area contributed by atoms with Gasteiger partial charge in [-0.05, 0) is 49.1 Å². The van der Waals surface area contributed by atoms with Crippen LogP contribution in [0.15, 0.2) is 59.5 Å². The standard InChI is InChI=1S/C27H29ClF2N4O3S/c1-19-18-37-12-11-34(19)25-16-24(31-26(28)32-25)27(38(35,36)23-14-21(29)13-22(30)15-23)7-9-33(10-8-27)17-20-5-3-2-4-6-20/h2-6,13-16,19H,7-12,17-18H2,1H3/t19-/m0/s1. The first kappa shape index (κ1) is 26.9. The maximum absolute atomic E-state index is 14.3.